The van der Waals surface area contributed by atoms with Crippen LogP contribution in [0, 0.1) is 5.41 Å². The van der Waals surface area contributed by atoms with E-state index in [1.807, 2.05) is 0 Å². The molecule has 2 rings (SSSR count). The first-order chi connectivity index (χ1) is 9.81. The minimum absolute atomic E-state index is 0.0837. The molecule has 5 nitrogen and oxygen atoms in total. The number of alkyl halides is 3. The van der Waals surface area contributed by atoms with Crippen molar-refractivity contribution in [2.24, 2.45) is 5.73 Å². The predicted octanol–water partition coefficient (Wildman–Crippen LogP) is 2.24. The van der Waals surface area contributed by atoms with Crippen molar-refractivity contribution in [1.29, 1.82) is 5.41 Å². The summed E-state index contributed by atoms with van der Waals surface area (Å²) in [4.78, 5) is 0. The van der Waals surface area contributed by atoms with Crippen LogP contribution < -0.4 is 10.5 Å². The standard InChI is InChI=1S/C13H13F3N4O/c1-21-11-3-2-8(12(17)18)4-9(11)6-20-7-10(5-19-20)13(14,15)16/h2-5,7H,6H2,1H3,(H3,17,18). The zero-order chi connectivity index (χ0) is 15.6. The van der Waals surface area contributed by atoms with Crippen LogP contribution in [0.1, 0.15) is 16.7 Å². The number of hydrogen-bond acceptors (Lipinski definition) is 3. The number of benzene rings is 1. The number of methoxy groups -OCH3 is 1. The Morgan fingerprint density at radius 2 is 2.14 bits per heavy atom. The van der Waals surface area contributed by atoms with Gasteiger partial charge in [0.25, 0.3) is 0 Å². The first-order valence-corrected chi connectivity index (χ1v) is 5.92. The molecule has 1 aromatic carbocycles. The maximum atomic E-state index is 12.5. The van der Waals surface area contributed by atoms with Gasteiger partial charge in [0.1, 0.15) is 11.6 Å². The van der Waals surface area contributed by atoms with Gasteiger partial charge in [-0.05, 0) is 18.2 Å². The lowest BCUT2D eigenvalue weighted by molar-refractivity contribution is -0.137. The molecule has 0 saturated carbocycles. The summed E-state index contributed by atoms with van der Waals surface area (Å²) >= 11 is 0. The Bertz CT molecular complexity index is 664. The molecule has 1 heterocycles. The summed E-state index contributed by atoms with van der Waals surface area (Å²) in [6.45, 7) is 0.0837. The molecule has 0 unspecified atom stereocenters. The maximum Gasteiger partial charge on any atom is 0.419 e. The third-order valence-electron chi connectivity index (χ3n) is 2.88. The predicted molar refractivity (Wildman–Crippen MR) is 70.3 cm³/mol. The van der Waals surface area contributed by atoms with Crippen molar-refractivity contribution in [1.82, 2.24) is 9.78 Å². The molecule has 0 amide bonds. The van der Waals surface area contributed by atoms with E-state index in [1.54, 1.807) is 18.2 Å². The van der Waals surface area contributed by atoms with Gasteiger partial charge >= 0.3 is 6.18 Å². The minimum atomic E-state index is -4.43. The Hall–Kier alpha value is -2.51. The van der Waals surface area contributed by atoms with Gasteiger partial charge in [-0.1, -0.05) is 0 Å². The summed E-state index contributed by atoms with van der Waals surface area (Å²) in [7, 11) is 1.45. The monoisotopic (exact) mass is 298 g/mol. The summed E-state index contributed by atoms with van der Waals surface area (Å²) in [6, 6.07) is 4.81. The highest BCUT2D eigenvalue weighted by Crippen LogP contribution is 2.29. The quantitative estimate of drug-likeness (QED) is 0.671. The fraction of sp³-hybridized carbons (Fsp3) is 0.231. The summed E-state index contributed by atoms with van der Waals surface area (Å²) in [5.74, 6) is 0.361. The fourth-order valence-electron chi connectivity index (χ4n) is 1.84. The number of aromatic nitrogens is 2. The molecule has 0 aliphatic carbocycles. The fourth-order valence-corrected chi connectivity index (χ4v) is 1.84. The van der Waals surface area contributed by atoms with Crippen molar-refractivity contribution < 1.29 is 17.9 Å². The SMILES string of the molecule is COc1ccc(C(=N)N)cc1Cn1cc(C(F)(F)F)cn1. The van der Waals surface area contributed by atoms with Gasteiger partial charge < -0.3 is 10.5 Å². The number of hydrogen-bond donors (Lipinski definition) is 2. The Kier molecular flexibility index (Phi) is 3.88. The van der Waals surface area contributed by atoms with E-state index in [9.17, 15) is 13.2 Å². The van der Waals surface area contributed by atoms with Crippen LogP contribution in [0.4, 0.5) is 13.2 Å². The van der Waals surface area contributed by atoms with Crippen molar-refractivity contribution in [2.75, 3.05) is 7.11 Å². The molecule has 0 aliphatic heterocycles. The molecule has 3 N–H and O–H groups in total. The number of amidine groups is 1. The van der Waals surface area contributed by atoms with Gasteiger partial charge in [0, 0.05) is 17.3 Å². The highest BCUT2D eigenvalue weighted by molar-refractivity contribution is 5.95. The van der Waals surface area contributed by atoms with E-state index < -0.39 is 11.7 Å². The Balaban J connectivity index is 2.32. The highest BCUT2D eigenvalue weighted by atomic mass is 19.4. The molecular weight excluding hydrogens is 285 g/mol. The maximum absolute atomic E-state index is 12.5. The number of nitrogens with one attached hydrogen (secondary N) is 1. The van der Waals surface area contributed by atoms with E-state index in [4.69, 9.17) is 15.9 Å². The molecule has 8 heteroatoms. The van der Waals surface area contributed by atoms with Crippen LogP contribution in [0.5, 0.6) is 5.75 Å². The largest absolute Gasteiger partial charge is 0.496 e. The van der Waals surface area contributed by atoms with Gasteiger partial charge in [-0.25, -0.2) is 0 Å². The van der Waals surface area contributed by atoms with Crippen molar-refractivity contribution in [3.05, 3.63) is 47.3 Å². The lowest BCUT2D eigenvalue weighted by atomic mass is 10.1. The first-order valence-electron chi connectivity index (χ1n) is 5.92. The summed E-state index contributed by atoms with van der Waals surface area (Å²) in [5.41, 5.74) is 5.64. The van der Waals surface area contributed by atoms with E-state index in [2.05, 4.69) is 5.10 Å². The molecule has 1 aromatic heterocycles. The Morgan fingerprint density at radius 3 is 2.67 bits per heavy atom. The van der Waals surface area contributed by atoms with E-state index in [0.29, 0.717) is 16.9 Å². The number of nitrogens with two attached hydrogens (primary N) is 1. The molecule has 112 valence electrons. The van der Waals surface area contributed by atoms with E-state index >= 15 is 0 Å². The van der Waals surface area contributed by atoms with Gasteiger partial charge in [-0.3, -0.25) is 10.1 Å². The summed E-state index contributed by atoms with van der Waals surface area (Å²) in [5, 5.41) is 11.1. The Morgan fingerprint density at radius 1 is 1.43 bits per heavy atom. The van der Waals surface area contributed by atoms with Crippen LogP contribution >= 0.6 is 0 Å². The first kappa shape index (κ1) is 14.9. The smallest absolute Gasteiger partial charge is 0.419 e. The molecule has 0 bridgehead atoms. The van der Waals surface area contributed by atoms with Crippen LogP contribution in [-0.2, 0) is 12.7 Å². The Labute approximate surface area is 118 Å². The van der Waals surface area contributed by atoms with Gasteiger partial charge in [-0.2, -0.15) is 18.3 Å². The van der Waals surface area contributed by atoms with Crippen molar-refractivity contribution in [3.63, 3.8) is 0 Å². The van der Waals surface area contributed by atoms with Crippen molar-refractivity contribution in [3.8, 4) is 5.75 Å². The topological polar surface area (TPSA) is 76.9 Å². The van der Waals surface area contributed by atoms with E-state index in [-0.39, 0.29) is 12.4 Å². The van der Waals surface area contributed by atoms with Crippen LogP contribution in [0.15, 0.2) is 30.6 Å². The lowest BCUT2D eigenvalue weighted by Gasteiger charge is -2.10. The van der Waals surface area contributed by atoms with Crippen LogP contribution in [0.2, 0.25) is 0 Å². The van der Waals surface area contributed by atoms with Gasteiger partial charge in [0.2, 0.25) is 0 Å². The third-order valence-corrected chi connectivity index (χ3v) is 2.88. The molecule has 21 heavy (non-hydrogen) atoms. The number of rotatable bonds is 4. The second-order valence-electron chi connectivity index (χ2n) is 4.36. The van der Waals surface area contributed by atoms with Gasteiger partial charge in [0.05, 0.1) is 25.4 Å². The van der Waals surface area contributed by atoms with Crippen LogP contribution in [0.3, 0.4) is 0 Å². The zero-order valence-electron chi connectivity index (χ0n) is 11.1. The van der Waals surface area contributed by atoms with Gasteiger partial charge in [-0.15, -0.1) is 0 Å². The number of halogens is 3. The normalized spacial score (nSPS) is 11.4. The average molecular weight is 298 g/mol. The number of nitrogens with zero attached hydrogens (tertiary/aromatic N) is 2. The number of ether oxygens (including phenoxy) is 1. The number of nitrogen functional groups attached to an aromatic ring is 1. The third kappa shape index (κ3) is 3.33. The van der Waals surface area contributed by atoms with E-state index in [0.717, 1.165) is 17.1 Å². The lowest BCUT2D eigenvalue weighted by Crippen LogP contribution is -2.12. The van der Waals surface area contributed by atoms with Crippen LogP contribution in [-0.4, -0.2) is 22.7 Å². The molecule has 2 aromatic rings. The van der Waals surface area contributed by atoms with Gasteiger partial charge in [0.15, 0.2) is 0 Å². The molecule has 0 saturated heterocycles. The second kappa shape index (κ2) is 5.47. The molecule has 0 atom stereocenters. The molecule has 0 fully saturated rings. The summed E-state index contributed by atoms with van der Waals surface area (Å²) < 4.78 is 43.9. The average Bonchev–Trinajstić information content (AvgIpc) is 2.87. The molecule has 0 spiro atoms. The molecule has 0 radical (unpaired) electrons. The van der Waals surface area contributed by atoms with Crippen LogP contribution in [0.25, 0.3) is 0 Å². The second-order valence-corrected chi connectivity index (χ2v) is 4.36. The van der Waals surface area contributed by atoms with E-state index in [1.165, 1.54) is 7.11 Å². The van der Waals surface area contributed by atoms with Crippen molar-refractivity contribution >= 4 is 5.84 Å². The zero-order valence-corrected chi connectivity index (χ0v) is 11.1. The molecular formula is C13H13F3N4O. The molecule has 0 aliphatic rings. The van der Waals surface area contributed by atoms with Crippen molar-refractivity contribution in [2.45, 2.75) is 12.7 Å². The summed E-state index contributed by atoms with van der Waals surface area (Å²) in [6.07, 6.45) is -2.75. The highest BCUT2D eigenvalue weighted by Gasteiger charge is 2.32. The minimum Gasteiger partial charge on any atom is -0.496 e.